The molecule has 0 saturated carbocycles. The first-order valence-electron chi connectivity index (χ1n) is 6.30. The van der Waals surface area contributed by atoms with Gasteiger partial charge in [0.25, 0.3) is 0 Å². The van der Waals surface area contributed by atoms with Gasteiger partial charge in [-0.1, -0.05) is 23.8 Å². The van der Waals surface area contributed by atoms with Gasteiger partial charge < -0.3 is 10.6 Å². The van der Waals surface area contributed by atoms with Crippen LogP contribution in [0.15, 0.2) is 41.8 Å². The highest BCUT2D eigenvalue weighted by Gasteiger charge is 2.15. The molecular formula is C15H18N2OS. The molecule has 0 atom stereocenters. The predicted molar refractivity (Wildman–Crippen MR) is 80.6 cm³/mol. The smallest absolute Gasteiger partial charge is 0.232 e. The van der Waals surface area contributed by atoms with Crippen LogP contribution in [0, 0.1) is 6.92 Å². The quantitative estimate of drug-likeness (QED) is 0.911. The molecule has 1 heterocycles. The van der Waals surface area contributed by atoms with E-state index >= 15 is 0 Å². The molecule has 0 aliphatic rings. The lowest BCUT2D eigenvalue weighted by atomic mass is 10.2. The number of hydrogen-bond acceptors (Lipinski definition) is 3. The number of carbonyl (C=O) groups excluding carboxylic acids is 1. The van der Waals surface area contributed by atoms with Crippen LogP contribution in [0.2, 0.25) is 0 Å². The zero-order chi connectivity index (χ0) is 13.7. The largest absolute Gasteiger partial charge is 0.329 e. The second-order valence-electron chi connectivity index (χ2n) is 4.43. The molecule has 0 unspecified atom stereocenters. The van der Waals surface area contributed by atoms with Gasteiger partial charge in [0.2, 0.25) is 5.91 Å². The maximum atomic E-state index is 12.4. The maximum absolute atomic E-state index is 12.4. The normalized spacial score (nSPS) is 10.4. The Morgan fingerprint density at radius 1 is 1.26 bits per heavy atom. The van der Waals surface area contributed by atoms with Gasteiger partial charge in [0.15, 0.2) is 0 Å². The fourth-order valence-corrected chi connectivity index (χ4v) is 2.61. The highest BCUT2D eigenvalue weighted by Crippen LogP contribution is 2.17. The fourth-order valence-electron chi connectivity index (χ4n) is 1.91. The van der Waals surface area contributed by atoms with Crippen molar-refractivity contribution in [3.63, 3.8) is 0 Å². The molecule has 0 aliphatic heterocycles. The monoisotopic (exact) mass is 274 g/mol. The van der Waals surface area contributed by atoms with Crippen LogP contribution >= 0.6 is 11.3 Å². The summed E-state index contributed by atoms with van der Waals surface area (Å²) in [5.74, 6) is 0.0942. The van der Waals surface area contributed by atoms with Crippen LogP contribution in [0.4, 0.5) is 5.69 Å². The Kier molecular flexibility index (Phi) is 4.71. The van der Waals surface area contributed by atoms with Crippen molar-refractivity contribution in [1.29, 1.82) is 0 Å². The molecule has 0 aliphatic carbocycles. The lowest BCUT2D eigenvalue weighted by Crippen LogP contribution is -2.36. The standard InChI is InChI=1S/C15H18N2OS/c1-12-4-6-13(7-5-12)17(9-8-16)15(18)11-14-3-2-10-19-14/h2-7,10H,8-9,11,16H2,1H3. The number of nitrogens with zero attached hydrogens (tertiary/aromatic N) is 1. The van der Waals surface area contributed by atoms with Gasteiger partial charge >= 0.3 is 0 Å². The Labute approximate surface area is 117 Å². The van der Waals surface area contributed by atoms with E-state index in [9.17, 15) is 4.79 Å². The van der Waals surface area contributed by atoms with E-state index in [2.05, 4.69) is 0 Å². The molecule has 1 aromatic carbocycles. The summed E-state index contributed by atoms with van der Waals surface area (Å²) >= 11 is 1.61. The Bertz CT molecular complexity index is 520. The predicted octanol–water partition coefficient (Wildman–Crippen LogP) is 2.59. The summed E-state index contributed by atoms with van der Waals surface area (Å²) in [6, 6.07) is 11.9. The molecule has 100 valence electrons. The zero-order valence-electron chi connectivity index (χ0n) is 11.0. The van der Waals surface area contributed by atoms with Crippen molar-refractivity contribution in [3.05, 3.63) is 52.2 Å². The Hall–Kier alpha value is -1.65. The number of anilines is 1. The summed E-state index contributed by atoms with van der Waals surface area (Å²) in [5, 5.41) is 1.99. The highest BCUT2D eigenvalue weighted by molar-refractivity contribution is 7.10. The van der Waals surface area contributed by atoms with E-state index in [4.69, 9.17) is 5.73 Å². The van der Waals surface area contributed by atoms with Gasteiger partial charge in [0.05, 0.1) is 6.42 Å². The van der Waals surface area contributed by atoms with Gasteiger partial charge in [0, 0.05) is 23.7 Å². The van der Waals surface area contributed by atoms with Crippen LogP contribution in [0.3, 0.4) is 0 Å². The lowest BCUT2D eigenvalue weighted by Gasteiger charge is -2.22. The first-order chi connectivity index (χ1) is 9.20. The molecule has 2 aromatic rings. The molecule has 0 spiro atoms. The van der Waals surface area contributed by atoms with E-state index in [1.54, 1.807) is 16.2 Å². The number of rotatable bonds is 5. The van der Waals surface area contributed by atoms with Crippen molar-refractivity contribution in [2.24, 2.45) is 5.73 Å². The second kappa shape index (κ2) is 6.50. The van der Waals surface area contributed by atoms with E-state index < -0.39 is 0 Å². The van der Waals surface area contributed by atoms with Crippen LogP contribution in [-0.2, 0) is 11.2 Å². The van der Waals surface area contributed by atoms with Crippen LogP contribution < -0.4 is 10.6 Å². The third-order valence-electron chi connectivity index (χ3n) is 2.90. The summed E-state index contributed by atoms with van der Waals surface area (Å²) in [4.78, 5) is 15.2. The minimum absolute atomic E-state index is 0.0942. The fraction of sp³-hybridized carbons (Fsp3) is 0.267. The third kappa shape index (κ3) is 3.66. The van der Waals surface area contributed by atoms with Gasteiger partial charge in [0.1, 0.15) is 0 Å². The zero-order valence-corrected chi connectivity index (χ0v) is 11.8. The van der Waals surface area contributed by atoms with Gasteiger partial charge in [-0.05, 0) is 30.5 Å². The summed E-state index contributed by atoms with van der Waals surface area (Å²) < 4.78 is 0. The van der Waals surface area contributed by atoms with Gasteiger partial charge in [-0.2, -0.15) is 0 Å². The summed E-state index contributed by atoms with van der Waals surface area (Å²) in [6.07, 6.45) is 0.436. The number of hydrogen-bond donors (Lipinski definition) is 1. The van der Waals surface area contributed by atoms with Crippen LogP contribution in [0.25, 0.3) is 0 Å². The van der Waals surface area contributed by atoms with Crippen LogP contribution in [0.5, 0.6) is 0 Å². The van der Waals surface area contributed by atoms with E-state index in [0.29, 0.717) is 19.5 Å². The van der Waals surface area contributed by atoms with Crippen molar-refractivity contribution in [1.82, 2.24) is 0 Å². The van der Waals surface area contributed by atoms with Crippen LogP contribution in [-0.4, -0.2) is 19.0 Å². The average molecular weight is 274 g/mol. The van der Waals surface area contributed by atoms with Gasteiger partial charge in [-0.15, -0.1) is 11.3 Å². The van der Waals surface area contributed by atoms with Crippen LogP contribution in [0.1, 0.15) is 10.4 Å². The Morgan fingerprint density at radius 3 is 2.58 bits per heavy atom. The SMILES string of the molecule is Cc1ccc(N(CCN)C(=O)Cc2cccs2)cc1. The second-order valence-corrected chi connectivity index (χ2v) is 5.46. The molecule has 0 saturated heterocycles. The molecule has 1 aromatic heterocycles. The first-order valence-corrected chi connectivity index (χ1v) is 7.18. The molecule has 1 amide bonds. The number of aryl methyl sites for hydroxylation is 1. The van der Waals surface area contributed by atoms with Crippen molar-refractivity contribution in [3.8, 4) is 0 Å². The summed E-state index contributed by atoms with van der Waals surface area (Å²) in [6.45, 7) is 3.04. The van der Waals surface area contributed by atoms with E-state index in [1.165, 1.54) is 5.56 Å². The van der Waals surface area contributed by atoms with Crippen molar-refractivity contribution >= 4 is 22.9 Å². The number of carbonyl (C=O) groups is 1. The van der Waals surface area contributed by atoms with Gasteiger partial charge in [-0.25, -0.2) is 0 Å². The van der Waals surface area contributed by atoms with E-state index in [-0.39, 0.29) is 5.91 Å². The molecule has 4 heteroatoms. The Morgan fingerprint density at radius 2 is 2.00 bits per heavy atom. The first kappa shape index (κ1) is 13.8. The third-order valence-corrected chi connectivity index (χ3v) is 3.78. The molecule has 0 fully saturated rings. The molecule has 3 nitrogen and oxygen atoms in total. The number of nitrogens with two attached hydrogens (primary N) is 1. The molecule has 0 radical (unpaired) electrons. The topological polar surface area (TPSA) is 46.3 Å². The maximum Gasteiger partial charge on any atom is 0.232 e. The average Bonchev–Trinajstić information content (AvgIpc) is 2.90. The minimum atomic E-state index is 0.0942. The van der Waals surface area contributed by atoms with Crippen molar-refractivity contribution in [2.45, 2.75) is 13.3 Å². The molecular weight excluding hydrogens is 256 g/mol. The minimum Gasteiger partial charge on any atom is -0.329 e. The van der Waals surface area contributed by atoms with Crippen molar-refractivity contribution in [2.75, 3.05) is 18.0 Å². The molecule has 2 N–H and O–H groups in total. The number of thiophene rings is 1. The molecule has 0 bridgehead atoms. The van der Waals surface area contributed by atoms with E-state index in [0.717, 1.165) is 10.6 Å². The summed E-state index contributed by atoms with van der Waals surface area (Å²) in [5.41, 5.74) is 7.71. The lowest BCUT2D eigenvalue weighted by molar-refractivity contribution is -0.117. The van der Waals surface area contributed by atoms with Gasteiger partial charge in [-0.3, -0.25) is 4.79 Å². The molecule has 19 heavy (non-hydrogen) atoms. The number of amides is 1. The molecule has 2 rings (SSSR count). The van der Waals surface area contributed by atoms with E-state index in [1.807, 2.05) is 48.7 Å². The highest BCUT2D eigenvalue weighted by atomic mass is 32.1. The van der Waals surface area contributed by atoms with Crippen molar-refractivity contribution < 1.29 is 4.79 Å². The summed E-state index contributed by atoms with van der Waals surface area (Å²) in [7, 11) is 0. The number of benzene rings is 1. The Balaban J connectivity index is 2.14.